The monoisotopic (exact) mass is 292 g/mol. The van der Waals surface area contributed by atoms with Gasteiger partial charge in [-0.3, -0.25) is 9.59 Å². The largest absolute Gasteiger partial charge is 0.497 e. The zero-order valence-electron chi connectivity index (χ0n) is 13.0. The molecule has 1 N–H and O–H groups in total. The van der Waals surface area contributed by atoms with Crippen LogP contribution in [0.4, 0.5) is 5.69 Å². The summed E-state index contributed by atoms with van der Waals surface area (Å²) in [4.78, 5) is 25.8. The Morgan fingerprint density at radius 3 is 2.43 bits per heavy atom. The predicted molar refractivity (Wildman–Crippen MR) is 83.4 cm³/mol. The SMILES string of the molecule is CCCN(CCC)C(=O)CC(=O)Nc1cccc(OC)c1. The van der Waals surface area contributed by atoms with Crippen LogP contribution in [0.2, 0.25) is 0 Å². The summed E-state index contributed by atoms with van der Waals surface area (Å²) >= 11 is 0. The van der Waals surface area contributed by atoms with E-state index < -0.39 is 0 Å². The number of nitrogens with zero attached hydrogens (tertiary/aromatic N) is 1. The van der Waals surface area contributed by atoms with E-state index in [0.29, 0.717) is 24.5 Å². The Balaban J connectivity index is 2.57. The first-order valence-corrected chi connectivity index (χ1v) is 7.32. The van der Waals surface area contributed by atoms with Gasteiger partial charge in [0.1, 0.15) is 12.2 Å². The summed E-state index contributed by atoms with van der Waals surface area (Å²) in [5, 5.41) is 2.72. The third-order valence-corrected chi connectivity index (χ3v) is 3.01. The first-order valence-electron chi connectivity index (χ1n) is 7.32. The van der Waals surface area contributed by atoms with Crippen molar-refractivity contribution in [3.05, 3.63) is 24.3 Å². The van der Waals surface area contributed by atoms with Crippen LogP contribution in [0.25, 0.3) is 0 Å². The Morgan fingerprint density at radius 2 is 1.86 bits per heavy atom. The molecule has 1 aromatic rings. The van der Waals surface area contributed by atoms with Crippen LogP contribution in [0.3, 0.4) is 0 Å². The van der Waals surface area contributed by atoms with Crippen molar-refractivity contribution in [3.63, 3.8) is 0 Å². The van der Waals surface area contributed by atoms with Crippen LogP contribution in [-0.4, -0.2) is 36.9 Å². The second kappa shape index (κ2) is 9.00. The smallest absolute Gasteiger partial charge is 0.233 e. The first kappa shape index (κ1) is 17.0. The molecule has 116 valence electrons. The van der Waals surface area contributed by atoms with Crippen molar-refractivity contribution < 1.29 is 14.3 Å². The van der Waals surface area contributed by atoms with E-state index in [4.69, 9.17) is 4.74 Å². The number of amides is 2. The maximum Gasteiger partial charge on any atom is 0.233 e. The predicted octanol–water partition coefficient (Wildman–Crippen LogP) is 2.67. The molecule has 0 aromatic heterocycles. The van der Waals surface area contributed by atoms with Gasteiger partial charge in [-0.1, -0.05) is 19.9 Å². The van der Waals surface area contributed by atoms with Crippen LogP contribution in [0.1, 0.15) is 33.1 Å². The van der Waals surface area contributed by atoms with Gasteiger partial charge in [0.2, 0.25) is 11.8 Å². The lowest BCUT2D eigenvalue weighted by Crippen LogP contribution is -2.35. The topological polar surface area (TPSA) is 58.6 Å². The fraction of sp³-hybridized carbons (Fsp3) is 0.500. The molecule has 1 aromatic carbocycles. The van der Waals surface area contributed by atoms with Gasteiger partial charge in [-0.25, -0.2) is 0 Å². The molecule has 0 radical (unpaired) electrons. The molecule has 0 atom stereocenters. The molecule has 0 bridgehead atoms. The van der Waals surface area contributed by atoms with Crippen LogP contribution in [-0.2, 0) is 9.59 Å². The number of benzene rings is 1. The van der Waals surface area contributed by atoms with Crippen molar-refractivity contribution in [2.24, 2.45) is 0 Å². The molecule has 0 aliphatic carbocycles. The summed E-state index contributed by atoms with van der Waals surface area (Å²) in [5.74, 6) is 0.238. The minimum Gasteiger partial charge on any atom is -0.497 e. The molecule has 5 heteroatoms. The number of ether oxygens (including phenoxy) is 1. The highest BCUT2D eigenvalue weighted by atomic mass is 16.5. The number of nitrogens with one attached hydrogen (secondary N) is 1. The van der Waals surface area contributed by atoms with Crippen LogP contribution in [0.15, 0.2) is 24.3 Å². The van der Waals surface area contributed by atoms with Gasteiger partial charge < -0.3 is 15.0 Å². The number of methoxy groups -OCH3 is 1. The van der Waals surface area contributed by atoms with E-state index in [2.05, 4.69) is 5.32 Å². The van der Waals surface area contributed by atoms with Crippen molar-refractivity contribution in [3.8, 4) is 5.75 Å². The van der Waals surface area contributed by atoms with Crippen LogP contribution in [0, 0.1) is 0 Å². The lowest BCUT2D eigenvalue weighted by atomic mass is 10.2. The molecule has 0 saturated carbocycles. The molecule has 0 aliphatic heterocycles. The van der Waals surface area contributed by atoms with Crippen molar-refractivity contribution in [2.75, 3.05) is 25.5 Å². The van der Waals surface area contributed by atoms with Gasteiger partial charge in [0, 0.05) is 24.8 Å². The number of carbonyl (C=O) groups excluding carboxylic acids is 2. The Labute approximate surface area is 126 Å². The highest BCUT2D eigenvalue weighted by molar-refractivity contribution is 6.03. The van der Waals surface area contributed by atoms with Crippen LogP contribution in [0.5, 0.6) is 5.75 Å². The Hall–Kier alpha value is -2.04. The number of carbonyl (C=O) groups is 2. The zero-order chi connectivity index (χ0) is 15.7. The van der Waals surface area contributed by atoms with Gasteiger partial charge >= 0.3 is 0 Å². The fourth-order valence-electron chi connectivity index (χ4n) is 2.06. The van der Waals surface area contributed by atoms with E-state index in [1.54, 1.807) is 36.3 Å². The molecule has 0 fully saturated rings. The normalized spacial score (nSPS) is 10.0. The van der Waals surface area contributed by atoms with Gasteiger partial charge in [-0.15, -0.1) is 0 Å². The van der Waals surface area contributed by atoms with E-state index in [1.165, 1.54) is 0 Å². The third kappa shape index (κ3) is 5.85. The second-order valence-corrected chi connectivity index (χ2v) is 4.84. The lowest BCUT2D eigenvalue weighted by molar-refractivity contribution is -0.134. The molecular weight excluding hydrogens is 268 g/mol. The lowest BCUT2D eigenvalue weighted by Gasteiger charge is -2.21. The quantitative estimate of drug-likeness (QED) is 0.749. The Kier molecular flexibility index (Phi) is 7.29. The number of hydrogen-bond donors (Lipinski definition) is 1. The van der Waals surface area contributed by atoms with Crippen molar-refractivity contribution in [2.45, 2.75) is 33.1 Å². The van der Waals surface area contributed by atoms with Crippen molar-refractivity contribution >= 4 is 17.5 Å². The molecule has 2 amide bonds. The maximum atomic E-state index is 12.1. The summed E-state index contributed by atoms with van der Waals surface area (Å²) in [6.07, 6.45) is 1.66. The highest BCUT2D eigenvalue weighted by Crippen LogP contribution is 2.16. The molecule has 0 unspecified atom stereocenters. The summed E-state index contributed by atoms with van der Waals surface area (Å²) in [6, 6.07) is 7.07. The van der Waals surface area contributed by atoms with Gasteiger partial charge in [0.25, 0.3) is 0 Å². The maximum absolute atomic E-state index is 12.1. The first-order chi connectivity index (χ1) is 10.1. The summed E-state index contributed by atoms with van der Waals surface area (Å²) in [7, 11) is 1.57. The molecule has 0 saturated heterocycles. The third-order valence-electron chi connectivity index (χ3n) is 3.01. The van der Waals surface area contributed by atoms with Gasteiger partial charge in [-0.05, 0) is 25.0 Å². The van der Waals surface area contributed by atoms with Crippen molar-refractivity contribution in [1.29, 1.82) is 0 Å². The van der Waals surface area contributed by atoms with Crippen LogP contribution >= 0.6 is 0 Å². The molecule has 0 spiro atoms. The molecule has 1 rings (SSSR count). The summed E-state index contributed by atoms with van der Waals surface area (Å²) < 4.78 is 5.09. The Bertz CT molecular complexity index is 468. The number of rotatable bonds is 8. The number of hydrogen-bond acceptors (Lipinski definition) is 3. The van der Waals surface area contributed by atoms with E-state index in [9.17, 15) is 9.59 Å². The highest BCUT2D eigenvalue weighted by Gasteiger charge is 2.16. The molecule has 0 aliphatic rings. The fourth-order valence-corrected chi connectivity index (χ4v) is 2.06. The minimum absolute atomic E-state index is 0.126. The van der Waals surface area contributed by atoms with E-state index in [0.717, 1.165) is 12.8 Å². The minimum atomic E-state index is -0.301. The van der Waals surface area contributed by atoms with Crippen molar-refractivity contribution in [1.82, 2.24) is 4.90 Å². The second-order valence-electron chi connectivity index (χ2n) is 4.84. The van der Waals surface area contributed by atoms with E-state index in [1.807, 2.05) is 13.8 Å². The van der Waals surface area contributed by atoms with Gasteiger partial charge in [0.15, 0.2) is 0 Å². The van der Waals surface area contributed by atoms with E-state index in [-0.39, 0.29) is 18.2 Å². The standard InChI is InChI=1S/C16H24N2O3/c1-4-9-18(10-5-2)16(20)12-15(19)17-13-7-6-8-14(11-13)21-3/h6-8,11H,4-5,9-10,12H2,1-3H3,(H,17,19). The van der Waals surface area contributed by atoms with Gasteiger partial charge in [-0.2, -0.15) is 0 Å². The summed E-state index contributed by atoms with van der Waals surface area (Å²) in [5.41, 5.74) is 0.629. The molecule has 0 heterocycles. The molecular formula is C16H24N2O3. The average Bonchev–Trinajstić information content (AvgIpc) is 2.47. The number of anilines is 1. The van der Waals surface area contributed by atoms with E-state index >= 15 is 0 Å². The van der Waals surface area contributed by atoms with Crippen LogP contribution < -0.4 is 10.1 Å². The summed E-state index contributed by atoms with van der Waals surface area (Å²) in [6.45, 7) is 5.43. The van der Waals surface area contributed by atoms with Gasteiger partial charge in [0.05, 0.1) is 7.11 Å². The Morgan fingerprint density at radius 1 is 1.19 bits per heavy atom. The average molecular weight is 292 g/mol. The zero-order valence-corrected chi connectivity index (χ0v) is 13.0. The molecule has 21 heavy (non-hydrogen) atoms. The molecule has 5 nitrogen and oxygen atoms in total.